The van der Waals surface area contributed by atoms with Crippen LogP contribution in [0.1, 0.15) is 136 Å². The van der Waals surface area contributed by atoms with Crippen LogP contribution in [0.5, 0.6) is 0 Å². The van der Waals surface area contributed by atoms with E-state index in [1.807, 2.05) is 36.5 Å². The summed E-state index contributed by atoms with van der Waals surface area (Å²) in [4.78, 5) is 45.9. The highest BCUT2D eigenvalue weighted by Crippen LogP contribution is 2.43. The highest BCUT2D eigenvalue weighted by atomic mass is 31.2. The van der Waals surface area contributed by atoms with Crippen molar-refractivity contribution in [2.75, 3.05) is 19.8 Å². The summed E-state index contributed by atoms with van der Waals surface area (Å²) in [6.07, 6.45) is 42.5. The van der Waals surface area contributed by atoms with E-state index < -0.39 is 63.8 Å². The molecule has 0 aliphatic carbocycles. The van der Waals surface area contributed by atoms with Crippen LogP contribution in [-0.4, -0.2) is 71.1 Å². The van der Waals surface area contributed by atoms with Gasteiger partial charge in [-0.2, -0.15) is 0 Å². The molecule has 0 radical (unpaired) electrons. The number of rotatable bonds is 37. The fourth-order valence-corrected chi connectivity index (χ4v) is 5.69. The summed E-state index contributed by atoms with van der Waals surface area (Å²) in [7, 11) is -4.75. The number of aliphatic hydroxyl groups excluding tert-OH is 1. The molecule has 1 unspecified atom stereocenters. The zero-order valence-corrected chi connectivity index (χ0v) is 35.4. The Labute approximate surface area is 342 Å². The fraction of sp³-hybridized carbons (Fsp3) is 0.614. The van der Waals surface area contributed by atoms with Gasteiger partial charge >= 0.3 is 25.7 Å². The van der Waals surface area contributed by atoms with Crippen LogP contribution in [-0.2, 0) is 37.5 Å². The number of aliphatic hydroxyl groups is 1. The van der Waals surface area contributed by atoms with Gasteiger partial charge in [-0.1, -0.05) is 131 Å². The lowest BCUT2D eigenvalue weighted by Gasteiger charge is -2.20. The Balaban J connectivity index is 4.59. The Kier molecular flexibility index (Phi) is 35.9. The average Bonchev–Trinajstić information content (AvgIpc) is 3.18. The van der Waals surface area contributed by atoms with Crippen LogP contribution in [0.4, 0.5) is 0 Å². The Bertz CT molecular complexity index is 1300. The molecule has 0 rings (SSSR count). The van der Waals surface area contributed by atoms with Gasteiger partial charge in [-0.15, -0.1) is 0 Å². The van der Waals surface area contributed by atoms with E-state index in [0.717, 1.165) is 57.8 Å². The number of hydrogen-bond acceptors (Lipinski definition) is 10. The second-order valence-electron chi connectivity index (χ2n) is 13.6. The number of phosphoric ester groups is 1. The maximum absolute atomic E-state index is 12.6. The third kappa shape index (κ3) is 37.9. The lowest BCUT2D eigenvalue weighted by molar-refractivity contribution is -0.161. The van der Waals surface area contributed by atoms with Crippen molar-refractivity contribution in [2.24, 2.45) is 5.73 Å². The molecule has 12 nitrogen and oxygen atoms in total. The Morgan fingerprint density at radius 1 is 0.649 bits per heavy atom. The molecule has 4 atom stereocenters. The van der Waals surface area contributed by atoms with Crippen molar-refractivity contribution in [3.8, 4) is 0 Å². The monoisotopic (exact) mass is 821 g/mol. The summed E-state index contributed by atoms with van der Waals surface area (Å²) < 4.78 is 32.5. The number of carbonyl (C=O) groups is 3. The zero-order chi connectivity index (χ0) is 42.2. The van der Waals surface area contributed by atoms with Gasteiger partial charge in [0, 0.05) is 12.8 Å². The van der Waals surface area contributed by atoms with Gasteiger partial charge in [0.1, 0.15) is 12.6 Å². The van der Waals surface area contributed by atoms with E-state index in [0.29, 0.717) is 32.1 Å². The SMILES string of the molecule is CC/C=C\C/C=C\C/C=C\CCCCCCCC(=O)O[C@H](COC(=O)CCC/C=C/C/C=C\C[C@H](O)/C=C\C=C/CCCCC)COP(=O)(O)OC[C@H](N)C(=O)O. The van der Waals surface area contributed by atoms with Crippen LogP contribution >= 0.6 is 7.82 Å². The highest BCUT2D eigenvalue weighted by molar-refractivity contribution is 7.47. The van der Waals surface area contributed by atoms with Crippen LogP contribution in [0, 0.1) is 0 Å². The molecule has 0 aliphatic heterocycles. The molecule has 0 aliphatic rings. The second kappa shape index (κ2) is 38.2. The van der Waals surface area contributed by atoms with Crippen molar-refractivity contribution in [1.29, 1.82) is 0 Å². The van der Waals surface area contributed by atoms with E-state index in [-0.39, 0.29) is 12.8 Å². The number of esters is 2. The predicted octanol–water partition coefficient (Wildman–Crippen LogP) is 9.69. The number of carbonyl (C=O) groups excluding carboxylic acids is 2. The second-order valence-corrected chi connectivity index (χ2v) is 15.0. The quantitative estimate of drug-likeness (QED) is 0.0153. The lowest BCUT2D eigenvalue weighted by Crippen LogP contribution is -2.34. The van der Waals surface area contributed by atoms with Crippen LogP contribution in [0.3, 0.4) is 0 Å². The fourth-order valence-electron chi connectivity index (χ4n) is 4.91. The van der Waals surface area contributed by atoms with Crippen LogP contribution in [0.25, 0.3) is 0 Å². The molecular weight excluding hydrogens is 749 g/mol. The van der Waals surface area contributed by atoms with Gasteiger partial charge in [-0.25, -0.2) is 4.57 Å². The minimum Gasteiger partial charge on any atom is -0.480 e. The van der Waals surface area contributed by atoms with Crippen LogP contribution in [0.15, 0.2) is 85.1 Å². The van der Waals surface area contributed by atoms with Gasteiger partial charge < -0.3 is 30.3 Å². The normalized spacial score (nSPS) is 15.2. The van der Waals surface area contributed by atoms with Gasteiger partial charge in [0.2, 0.25) is 0 Å². The standard InChI is InChI=1S/C44H72NO11P/c1-3-5-7-9-11-12-13-14-15-16-17-18-22-27-31-35-43(48)56-40(37-54-57(51,52)55-38-41(45)44(49)50)36-53-42(47)34-30-26-23-19-21-25-29-33-39(46)32-28-24-20-10-8-6-4-2/h5,7,11-12,14-15,19-20,23-25,28-29,32,39-41,46H,3-4,6,8-10,13,16-18,21-22,26-27,30-31,33-38,45H2,1-2H3,(H,49,50)(H,51,52)/b7-5-,12-11-,15-14-,23-19+,24-20-,29-25-,32-28-/t39-,40-,41+/m1/s1. The summed E-state index contributed by atoms with van der Waals surface area (Å²) in [5.74, 6) is -2.54. The zero-order valence-electron chi connectivity index (χ0n) is 34.5. The van der Waals surface area contributed by atoms with Gasteiger partial charge in [0.25, 0.3) is 0 Å². The largest absolute Gasteiger partial charge is 0.480 e. The first-order valence-corrected chi connectivity index (χ1v) is 22.2. The van der Waals surface area contributed by atoms with Gasteiger partial charge in [-0.05, 0) is 77.0 Å². The van der Waals surface area contributed by atoms with E-state index in [9.17, 15) is 28.9 Å². The minimum atomic E-state index is -4.75. The number of nitrogens with two attached hydrogens (primary N) is 1. The van der Waals surface area contributed by atoms with E-state index in [1.165, 1.54) is 19.3 Å². The van der Waals surface area contributed by atoms with Crippen molar-refractivity contribution < 1.29 is 52.6 Å². The number of carboxylic acid groups (broad SMARTS) is 1. The van der Waals surface area contributed by atoms with Crippen LogP contribution in [0.2, 0.25) is 0 Å². The molecule has 0 spiro atoms. The Morgan fingerprint density at radius 3 is 1.89 bits per heavy atom. The number of ether oxygens (including phenoxy) is 2. The maximum atomic E-state index is 12.6. The molecule has 0 aromatic heterocycles. The average molecular weight is 822 g/mol. The summed E-state index contributed by atoms with van der Waals surface area (Å²) in [6, 6.07) is -1.55. The Morgan fingerprint density at radius 2 is 1.21 bits per heavy atom. The summed E-state index contributed by atoms with van der Waals surface area (Å²) in [6.45, 7) is 2.48. The molecule has 0 fully saturated rings. The summed E-state index contributed by atoms with van der Waals surface area (Å²) in [5.41, 5.74) is 5.32. The highest BCUT2D eigenvalue weighted by Gasteiger charge is 2.28. The number of aliphatic carboxylic acids is 1. The van der Waals surface area contributed by atoms with Gasteiger partial charge in [-0.3, -0.25) is 23.4 Å². The van der Waals surface area contributed by atoms with Crippen molar-refractivity contribution in [2.45, 2.75) is 154 Å². The molecule has 0 aromatic rings. The predicted molar refractivity (Wildman–Crippen MR) is 227 cm³/mol. The minimum absolute atomic E-state index is 0.103. The van der Waals surface area contributed by atoms with Crippen LogP contribution < -0.4 is 5.73 Å². The first-order valence-electron chi connectivity index (χ1n) is 20.7. The molecule has 13 heteroatoms. The number of hydrogen-bond donors (Lipinski definition) is 4. The first kappa shape index (κ1) is 53.6. The van der Waals surface area contributed by atoms with Gasteiger partial charge in [0.15, 0.2) is 6.10 Å². The number of phosphoric acid groups is 1. The maximum Gasteiger partial charge on any atom is 0.472 e. The van der Waals surface area contributed by atoms with E-state index in [4.69, 9.17) is 24.8 Å². The number of carboxylic acids is 1. The molecule has 0 amide bonds. The van der Waals surface area contributed by atoms with E-state index in [2.05, 4.69) is 60.9 Å². The molecule has 324 valence electrons. The lowest BCUT2D eigenvalue weighted by atomic mass is 10.1. The summed E-state index contributed by atoms with van der Waals surface area (Å²) >= 11 is 0. The van der Waals surface area contributed by atoms with Crippen molar-refractivity contribution in [3.05, 3.63) is 85.1 Å². The molecular formula is C44H72NO11P. The summed E-state index contributed by atoms with van der Waals surface area (Å²) in [5, 5.41) is 18.9. The van der Waals surface area contributed by atoms with Crippen molar-refractivity contribution >= 4 is 25.7 Å². The Hall–Kier alpha value is -3.38. The van der Waals surface area contributed by atoms with E-state index in [1.54, 1.807) is 6.08 Å². The van der Waals surface area contributed by atoms with Crippen molar-refractivity contribution in [1.82, 2.24) is 0 Å². The third-order valence-corrected chi connectivity index (χ3v) is 9.16. The molecule has 0 saturated carbocycles. The molecule has 0 heterocycles. The smallest absolute Gasteiger partial charge is 0.472 e. The third-order valence-electron chi connectivity index (χ3n) is 8.21. The van der Waals surface area contributed by atoms with Crippen molar-refractivity contribution in [3.63, 3.8) is 0 Å². The topological polar surface area (TPSA) is 192 Å². The van der Waals surface area contributed by atoms with Gasteiger partial charge in [0.05, 0.1) is 19.3 Å². The number of unbranched alkanes of at least 4 members (excludes halogenated alkanes) is 9. The molecule has 5 N–H and O–H groups in total. The molecule has 0 saturated heterocycles. The molecule has 0 aromatic carbocycles. The first-order chi connectivity index (χ1) is 27.5. The number of allylic oxidation sites excluding steroid dienone is 12. The van der Waals surface area contributed by atoms with E-state index >= 15 is 0 Å². The molecule has 0 bridgehead atoms. The molecule has 57 heavy (non-hydrogen) atoms.